The number of carbonyl (C=O) groups is 1. The second-order valence-corrected chi connectivity index (χ2v) is 6.06. The van der Waals surface area contributed by atoms with Crippen molar-refractivity contribution < 1.29 is 28.1 Å². The Bertz CT molecular complexity index is 1000. The van der Waals surface area contributed by atoms with E-state index in [1.807, 2.05) is 0 Å². The molecule has 0 radical (unpaired) electrons. The number of nitrogens with zero attached hydrogens (tertiary/aromatic N) is 3. The molecule has 10 heteroatoms. The Morgan fingerprint density at radius 1 is 0.968 bits per heavy atom. The van der Waals surface area contributed by atoms with Gasteiger partial charge in [0.1, 0.15) is 43.9 Å². The largest absolute Gasteiger partial charge is 0.399 e. The highest BCUT2D eigenvalue weighted by molar-refractivity contribution is 6.47. The fourth-order valence-electron chi connectivity index (χ4n) is 2.63. The lowest BCUT2D eigenvalue weighted by Crippen LogP contribution is -2.30. The summed E-state index contributed by atoms with van der Waals surface area (Å²) in [5.41, 5.74) is 1.24. The molecule has 31 heavy (non-hydrogen) atoms. The maximum atomic E-state index is 14.5. The summed E-state index contributed by atoms with van der Waals surface area (Å²) in [4.78, 5) is 27.0. The van der Waals surface area contributed by atoms with E-state index >= 15 is 0 Å². The molecule has 0 aliphatic heterocycles. The van der Waals surface area contributed by atoms with Crippen LogP contribution in [-0.2, 0) is 25.9 Å². The van der Waals surface area contributed by atoms with Crippen molar-refractivity contribution in [2.75, 3.05) is 21.3 Å². The number of benzene rings is 2. The van der Waals surface area contributed by atoms with Gasteiger partial charge in [-0.1, -0.05) is 27.6 Å². The van der Waals surface area contributed by atoms with Gasteiger partial charge in [-0.3, -0.25) is 4.79 Å². The van der Waals surface area contributed by atoms with Gasteiger partial charge in [0, 0.05) is 18.2 Å². The Kier molecular flexibility index (Phi) is 8.62. The molecule has 0 unspecified atom stereocenters. The molecule has 0 fully saturated rings. The number of carbonyl (C=O) groups excluding carboxylic acids is 1. The topological polar surface area (TPSA) is 93.9 Å². The van der Waals surface area contributed by atoms with Gasteiger partial charge in [0.25, 0.3) is 5.91 Å². The van der Waals surface area contributed by atoms with Crippen molar-refractivity contribution in [1.82, 2.24) is 5.32 Å². The van der Waals surface area contributed by atoms with Crippen LogP contribution in [0.2, 0.25) is 0 Å². The lowest BCUT2D eigenvalue weighted by molar-refractivity contribution is -0.114. The van der Waals surface area contributed by atoms with Crippen molar-refractivity contribution in [2.24, 2.45) is 15.5 Å². The predicted octanol–water partition coefficient (Wildman–Crippen LogP) is 3.00. The van der Waals surface area contributed by atoms with Crippen LogP contribution >= 0.6 is 0 Å². The lowest BCUT2D eigenvalue weighted by Gasteiger charge is -2.11. The lowest BCUT2D eigenvalue weighted by atomic mass is 10.0. The van der Waals surface area contributed by atoms with E-state index in [1.54, 1.807) is 13.0 Å². The highest BCUT2D eigenvalue weighted by atomic mass is 19.1. The van der Waals surface area contributed by atoms with E-state index in [1.165, 1.54) is 57.7 Å². The summed E-state index contributed by atoms with van der Waals surface area (Å²) in [6.07, 6.45) is 0. The molecule has 0 aromatic heterocycles. The van der Waals surface area contributed by atoms with E-state index in [0.717, 1.165) is 0 Å². The number of hydrogen-bond donors (Lipinski definition) is 1. The van der Waals surface area contributed by atoms with Crippen LogP contribution in [0.1, 0.15) is 23.6 Å². The molecule has 8 nitrogen and oxygen atoms in total. The van der Waals surface area contributed by atoms with Gasteiger partial charge in [-0.05, 0) is 37.3 Å². The molecule has 0 aliphatic carbocycles. The van der Waals surface area contributed by atoms with E-state index in [2.05, 4.69) is 25.6 Å². The minimum Gasteiger partial charge on any atom is -0.399 e. The summed E-state index contributed by atoms with van der Waals surface area (Å²) < 4.78 is 27.7. The fourth-order valence-corrected chi connectivity index (χ4v) is 2.63. The van der Waals surface area contributed by atoms with Crippen LogP contribution in [0.4, 0.5) is 8.78 Å². The molecule has 0 spiro atoms. The van der Waals surface area contributed by atoms with Gasteiger partial charge < -0.3 is 19.8 Å². The molecule has 0 heterocycles. The molecule has 2 aromatic rings. The highest BCUT2D eigenvalue weighted by Gasteiger charge is 2.22. The first kappa shape index (κ1) is 23.5. The number of amides is 1. The van der Waals surface area contributed by atoms with Crippen molar-refractivity contribution in [3.63, 3.8) is 0 Å². The van der Waals surface area contributed by atoms with Gasteiger partial charge in [0.15, 0.2) is 5.71 Å². The molecule has 2 aromatic carbocycles. The molecule has 0 saturated heterocycles. The Labute approximate surface area is 178 Å². The minimum absolute atomic E-state index is 0.0686. The molecular weight excluding hydrogens is 410 g/mol. The summed E-state index contributed by atoms with van der Waals surface area (Å²) in [7, 11) is 4.01. The summed E-state index contributed by atoms with van der Waals surface area (Å²) >= 11 is 0. The maximum absolute atomic E-state index is 14.5. The number of halogens is 2. The van der Waals surface area contributed by atoms with E-state index < -0.39 is 17.5 Å². The van der Waals surface area contributed by atoms with E-state index in [-0.39, 0.29) is 17.9 Å². The van der Waals surface area contributed by atoms with Crippen molar-refractivity contribution in [3.8, 4) is 0 Å². The maximum Gasteiger partial charge on any atom is 0.273 e. The standard InChI is InChI=1S/C21H22F2N4O4/c1-13(19(26-29-3)14-8-10-16(22)11-9-14)25-31-12-15-6-5-7-17(23)18(15)20(27-30-4)21(28)24-2/h5-11H,12H2,1-4H3,(H,24,28). The molecule has 2 rings (SSSR count). The fraction of sp³-hybridized carbons (Fsp3) is 0.238. The first-order chi connectivity index (χ1) is 14.9. The summed E-state index contributed by atoms with van der Waals surface area (Å²) in [5.74, 6) is -1.69. The Balaban J connectivity index is 2.30. The normalized spacial score (nSPS) is 12.4. The number of rotatable bonds is 9. The van der Waals surface area contributed by atoms with Gasteiger partial charge in [-0.25, -0.2) is 8.78 Å². The quantitative estimate of drug-likeness (QED) is 0.487. The van der Waals surface area contributed by atoms with E-state index in [0.29, 0.717) is 22.6 Å². The van der Waals surface area contributed by atoms with Crippen LogP contribution in [0.15, 0.2) is 57.9 Å². The Morgan fingerprint density at radius 3 is 2.23 bits per heavy atom. The second kappa shape index (κ2) is 11.4. The Morgan fingerprint density at radius 2 is 1.61 bits per heavy atom. The van der Waals surface area contributed by atoms with Gasteiger partial charge in [-0.2, -0.15) is 0 Å². The zero-order chi connectivity index (χ0) is 22.8. The smallest absolute Gasteiger partial charge is 0.273 e. The number of oxime groups is 3. The number of likely N-dealkylation sites (N-methyl/N-ethyl adjacent to an activating group) is 1. The van der Waals surface area contributed by atoms with Crippen LogP contribution in [-0.4, -0.2) is 44.3 Å². The van der Waals surface area contributed by atoms with Gasteiger partial charge in [0.05, 0.1) is 5.56 Å². The van der Waals surface area contributed by atoms with Gasteiger partial charge in [-0.15, -0.1) is 0 Å². The summed E-state index contributed by atoms with van der Waals surface area (Å²) in [6.45, 7) is 1.45. The van der Waals surface area contributed by atoms with Crippen LogP contribution < -0.4 is 5.32 Å². The van der Waals surface area contributed by atoms with Crippen molar-refractivity contribution in [3.05, 3.63) is 70.8 Å². The van der Waals surface area contributed by atoms with Crippen LogP contribution in [0.5, 0.6) is 0 Å². The van der Waals surface area contributed by atoms with Gasteiger partial charge >= 0.3 is 0 Å². The minimum atomic E-state index is -0.672. The third-order valence-electron chi connectivity index (χ3n) is 4.03. The monoisotopic (exact) mass is 432 g/mol. The SMILES string of the molecule is CNC(=O)C(=NOC)c1c(F)cccc1CON=C(C)C(=NOC)c1ccc(F)cc1. The summed E-state index contributed by atoms with van der Waals surface area (Å²) in [6, 6.07) is 9.84. The predicted molar refractivity (Wildman–Crippen MR) is 112 cm³/mol. The van der Waals surface area contributed by atoms with E-state index in [4.69, 9.17) is 9.68 Å². The van der Waals surface area contributed by atoms with Gasteiger partial charge in [0.2, 0.25) is 0 Å². The summed E-state index contributed by atoms with van der Waals surface area (Å²) in [5, 5.41) is 13.9. The molecule has 0 aliphatic rings. The third-order valence-corrected chi connectivity index (χ3v) is 4.03. The first-order valence-corrected chi connectivity index (χ1v) is 9.07. The zero-order valence-electron chi connectivity index (χ0n) is 17.5. The van der Waals surface area contributed by atoms with E-state index in [9.17, 15) is 13.6 Å². The van der Waals surface area contributed by atoms with Crippen LogP contribution in [0, 0.1) is 11.6 Å². The molecule has 1 amide bonds. The molecule has 0 saturated carbocycles. The number of nitrogens with one attached hydrogen (secondary N) is 1. The highest BCUT2D eigenvalue weighted by Crippen LogP contribution is 2.17. The molecule has 164 valence electrons. The van der Waals surface area contributed by atoms with Crippen molar-refractivity contribution in [2.45, 2.75) is 13.5 Å². The zero-order valence-corrected chi connectivity index (χ0v) is 17.5. The van der Waals surface area contributed by atoms with Crippen molar-refractivity contribution >= 4 is 23.0 Å². The molecular formula is C21H22F2N4O4. The average Bonchev–Trinajstić information content (AvgIpc) is 2.76. The van der Waals surface area contributed by atoms with Crippen LogP contribution in [0.25, 0.3) is 0 Å². The molecule has 1 N–H and O–H groups in total. The molecule has 0 atom stereocenters. The first-order valence-electron chi connectivity index (χ1n) is 9.07. The Hall–Kier alpha value is -3.82. The third kappa shape index (κ3) is 6.08. The second-order valence-electron chi connectivity index (χ2n) is 6.06. The average molecular weight is 432 g/mol. The number of hydrogen-bond acceptors (Lipinski definition) is 7. The van der Waals surface area contributed by atoms with Crippen LogP contribution in [0.3, 0.4) is 0 Å². The molecule has 0 bridgehead atoms. The van der Waals surface area contributed by atoms with Crippen molar-refractivity contribution in [1.29, 1.82) is 0 Å².